The van der Waals surface area contributed by atoms with Crippen LogP contribution in [-0.4, -0.2) is 6.61 Å². The summed E-state index contributed by atoms with van der Waals surface area (Å²) in [6.07, 6.45) is 0.793. The molecule has 0 unspecified atom stereocenters. The Hall–Kier alpha value is -0.510. The van der Waals surface area contributed by atoms with Crippen LogP contribution >= 0.6 is 43.5 Å². The van der Waals surface area contributed by atoms with Gasteiger partial charge in [0.1, 0.15) is 5.75 Å². The molecular formula is C15H13Br2ClO. The predicted molar refractivity (Wildman–Crippen MR) is 87.2 cm³/mol. The quantitative estimate of drug-likeness (QED) is 0.626. The molecule has 2 rings (SSSR count). The van der Waals surface area contributed by atoms with Crippen LogP contribution in [-0.2, 0) is 6.42 Å². The summed E-state index contributed by atoms with van der Waals surface area (Å²) >= 11 is 13.1. The predicted octanol–water partition coefficient (Wildman–Crippen LogP) is 5.79. The molecular weight excluding hydrogens is 391 g/mol. The third-order valence-corrected chi connectivity index (χ3v) is 4.20. The molecule has 2 aromatic carbocycles. The highest BCUT2D eigenvalue weighted by molar-refractivity contribution is 9.11. The van der Waals surface area contributed by atoms with Crippen molar-refractivity contribution in [1.29, 1.82) is 0 Å². The van der Waals surface area contributed by atoms with E-state index in [2.05, 4.69) is 44.0 Å². The number of rotatable bonds is 4. The first-order valence-corrected chi connectivity index (χ1v) is 7.85. The first kappa shape index (κ1) is 14.9. The Morgan fingerprint density at radius 2 is 1.89 bits per heavy atom. The molecule has 0 atom stereocenters. The van der Waals surface area contributed by atoms with E-state index in [0.717, 1.165) is 31.7 Å². The van der Waals surface area contributed by atoms with Crippen LogP contribution in [0.25, 0.3) is 0 Å². The average molecular weight is 405 g/mol. The summed E-state index contributed by atoms with van der Waals surface area (Å²) in [4.78, 5) is 0. The van der Waals surface area contributed by atoms with Crippen LogP contribution in [0.4, 0.5) is 0 Å². The Balaban J connectivity index is 1.96. The van der Waals surface area contributed by atoms with Gasteiger partial charge in [-0.25, -0.2) is 0 Å². The summed E-state index contributed by atoms with van der Waals surface area (Å²) in [6.45, 7) is 2.63. The van der Waals surface area contributed by atoms with Crippen LogP contribution in [0.1, 0.15) is 11.1 Å². The van der Waals surface area contributed by atoms with Crippen molar-refractivity contribution in [3.8, 4) is 5.75 Å². The van der Waals surface area contributed by atoms with E-state index >= 15 is 0 Å². The maximum Gasteiger partial charge on any atom is 0.133 e. The average Bonchev–Trinajstić information content (AvgIpc) is 2.34. The van der Waals surface area contributed by atoms with Gasteiger partial charge in [-0.1, -0.05) is 39.7 Å². The standard InChI is InChI=1S/C15H13Br2ClO/c1-10-2-3-11(14(18)8-10)6-7-19-15-5-4-12(16)9-13(15)17/h2-5,8-9H,6-7H2,1H3. The zero-order chi connectivity index (χ0) is 13.8. The van der Waals surface area contributed by atoms with Gasteiger partial charge in [-0.15, -0.1) is 0 Å². The Kier molecular flexibility index (Phi) is 5.31. The lowest BCUT2D eigenvalue weighted by Gasteiger charge is -2.09. The normalized spacial score (nSPS) is 10.5. The molecule has 0 bridgehead atoms. The number of aryl methyl sites for hydroxylation is 1. The molecule has 0 radical (unpaired) electrons. The summed E-state index contributed by atoms with van der Waals surface area (Å²) < 4.78 is 7.72. The van der Waals surface area contributed by atoms with Crippen LogP contribution in [0.3, 0.4) is 0 Å². The molecule has 4 heteroatoms. The molecule has 0 spiro atoms. The highest BCUT2D eigenvalue weighted by atomic mass is 79.9. The second-order valence-corrected chi connectivity index (χ2v) is 6.45. The second kappa shape index (κ2) is 6.78. The molecule has 0 saturated carbocycles. The van der Waals surface area contributed by atoms with Crippen molar-refractivity contribution in [2.75, 3.05) is 6.61 Å². The highest BCUT2D eigenvalue weighted by Gasteiger charge is 2.04. The molecule has 0 N–H and O–H groups in total. The van der Waals surface area contributed by atoms with E-state index in [1.165, 1.54) is 5.56 Å². The fraction of sp³-hybridized carbons (Fsp3) is 0.200. The number of hydrogen-bond acceptors (Lipinski definition) is 1. The van der Waals surface area contributed by atoms with Gasteiger partial charge < -0.3 is 4.74 Å². The largest absolute Gasteiger partial charge is 0.492 e. The molecule has 100 valence electrons. The van der Waals surface area contributed by atoms with Gasteiger partial charge in [0.2, 0.25) is 0 Å². The minimum atomic E-state index is 0.600. The number of ether oxygens (including phenoxy) is 1. The minimum Gasteiger partial charge on any atom is -0.492 e. The van der Waals surface area contributed by atoms with Crippen LogP contribution in [0.5, 0.6) is 5.75 Å². The lowest BCUT2D eigenvalue weighted by Crippen LogP contribution is -2.02. The smallest absolute Gasteiger partial charge is 0.133 e. The van der Waals surface area contributed by atoms with Crippen molar-refractivity contribution in [2.45, 2.75) is 13.3 Å². The molecule has 0 aromatic heterocycles. The summed E-state index contributed by atoms with van der Waals surface area (Å²) in [6, 6.07) is 12.0. The van der Waals surface area contributed by atoms with E-state index in [9.17, 15) is 0 Å². The van der Waals surface area contributed by atoms with Crippen LogP contribution in [0.15, 0.2) is 45.3 Å². The van der Waals surface area contributed by atoms with Gasteiger partial charge in [-0.05, 0) is 58.2 Å². The Labute approximate surface area is 135 Å². The molecule has 0 aliphatic rings. The van der Waals surface area contributed by atoms with Gasteiger partial charge in [-0.3, -0.25) is 0 Å². The van der Waals surface area contributed by atoms with Crippen LogP contribution in [0.2, 0.25) is 5.02 Å². The SMILES string of the molecule is Cc1ccc(CCOc2ccc(Br)cc2Br)c(Cl)c1. The topological polar surface area (TPSA) is 9.23 Å². The molecule has 0 aliphatic heterocycles. The van der Waals surface area contributed by atoms with Gasteiger partial charge in [0.15, 0.2) is 0 Å². The van der Waals surface area contributed by atoms with Gasteiger partial charge in [0.25, 0.3) is 0 Å². The molecule has 0 amide bonds. The molecule has 19 heavy (non-hydrogen) atoms. The van der Waals surface area contributed by atoms with E-state index < -0.39 is 0 Å². The lowest BCUT2D eigenvalue weighted by atomic mass is 10.1. The summed E-state index contributed by atoms with van der Waals surface area (Å²) in [7, 11) is 0. The lowest BCUT2D eigenvalue weighted by molar-refractivity contribution is 0.320. The molecule has 2 aromatic rings. The van der Waals surface area contributed by atoms with E-state index in [0.29, 0.717) is 6.61 Å². The Morgan fingerprint density at radius 3 is 2.58 bits per heavy atom. The minimum absolute atomic E-state index is 0.600. The van der Waals surface area contributed by atoms with Crippen molar-refractivity contribution in [3.05, 3.63) is 61.5 Å². The summed E-state index contributed by atoms with van der Waals surface area (Å²) in [5, 5.41) is 0.804. The Bertz CT molecular complexity index is 533. The van der Waals surface area contributed by atoms with E-state index in [1.54, 1.807) is 0 Å². The van der Waals surface area contributed by atoms with Crippen molar-refractivity contribution in [2.24, 2.45) is 0 Å². The van der Waals surface area contributed by atoms with Crippen LogP contribution in [0, 0.1) is 6.92 Å². The van der Waals surface area contributed by atoms with Crippen molar-refractivity contribution < 1.29 is 4.74 Å². The molecule has 0 saturated heterocycles. The fourth-order valence-corrected chi connectivity index (χ4v) is 3.21. The van der Waals surface area contributed by atoms with Gasteiger partial charge in [-0.2, -0.15) is 0 Å². The van der Waals surface area contributed by atoms with E-state index in [4.69, 9.17) is 16.3 Å². The first-order valence-electron chi connectivity index (χ1n) is 5.89. The van der Waals surface area contributed by atoms with Gasteiger partial charge in [0.05, 0.1) is 11.1 Å². The summed E-state index contributed by atoms with van der Waals surface area (Å²) in [5.41, 5.74) is 2.28. The zero-order valence-corrected chi connectivity index (χ0v) is 14.3. The first-order chi connectivity index (χ1) is 9.06. The summed E-state index contributed by atoms with van der Waals surface area (Å²) in [5.74, 6) is 0.839. The van der Waals surface area contributed by atoms with E-state index in [-0.39, 0.29) is 0 Å². The zero-order valence-electron chi connectivity index (χ0n) is 10.4. The van der Waals surface area contributed by atoms with Gasteiger partial charge in [0, 0.05) is 15.9 Å². The number of benzene rings is 2. The fourth-order valence-electron chi connectivity index (χ4n) is 1.72. The highest BCUT2D eigenvalue weighted by Crippen LogP contribution is 2.28. The maximum atomic E-state index is 6.19. The van der Waals surface area contributed by atoms with Crippen molar-refractivity contribution in [1.82, 2.24) is 0 Å². The molecule has 0 heterocycles. The molecule has 0 fully saturated rings. The molecule has 1 nitrogen and oxygen atoms in total. The van der Waals surface area contributed by atoms with Gasteiger partial charge >= 0.3 is 0 Å². The molecule has 0 aliphatic carbocycles. The van der Waals surface area contributed by atoms with Crippen LogP contribution < -0.4 is 4.74 Å². The number of hydrogen-bond donors (Lipinski definition) is 0. The Morgan fingerprint density at radius 1 is 1.11 bits per heavy atom. The third-order valence-electron chi connectivity index (χ3n) is 2.73. The van der Waals surface area contributed by atoms with Crippen molar-refractivity contribution >= 4 is 43.5 Å². The third kappa shape index (κ3) is 4.23. The number of halogens is 3. The maximum absolute atomic E-state index is 6.19. The second-order valence-electron chi connectivity index (χ2n) is 4.27. The van der Waals surface area contributed by atoms with E-state index in [1.807, 2.05) is 31.2 Å². The van der Waals surface area contributed by atoms with Crippen molar-refractivity contribution in [3.63, 3.8) is 0 Å². The monoisotopic (exact) mass is 402 g/mol.